The maximum Gasteiger partial charge on any atom is 0.150 e. The molecule has 0 radical (unpaired) electrons. The van der Waals surface area contributed by atoms with Crippen molar-refractivity contribution in [3.05, 3.63) is 53.1 Å². The van der Waals surface area contributed by atoms with Crippen molar-refractivity contribution in [3.8, 4) is 11.1 Å². The van der Waals surface area contributed by atoms with Gasteiger partial charge in [-0.2, -0.15) is 0 Å². The number of nitrogens with one attached hydrogen (secondary N) is 1. The van der Waals surface area contributed by atoms with Crippen LogP contribution in [-0.2, 0) is 5.60 Å². The van der Waals surface area contributed by atoms with E-state index in [4.69, 9.17) is 11.6 Å². The molecule has 1 saturated heterocycles. The average molecular weight is 428 g/mol. The van der Waals surface area contributed by atoms with Gasteiger partial charge in [-0.15, -0.1) is 0 Å². The largest absolute Gasteiger partial charge is 0.384 e. The molecule has 6 heteroatoms. The second-order valence-electron chi connectivity index (χ2n) is 9.08. The van der Waals surface area contributed by atoms with Crippen molar-refractivity contribution in [1.29, 1.82) is 0 Å². The summed E-state index contributed by atoms with van der Waals surface area (Å²) in [5.74, 6) is -0.197. The molecule has 0 amide bonds. The molecule has 2 atom stereocenters. The van der Waals surface area contributed by atoms with Crippen LogP contribution in [0.3, 0.4) is 0 Å². The molecule has 2 aromatic heterocycles. The Morgan fingerprint density at radius 2 is 1.93 bits per heavy atom. The molecule has 1 aromatic carbocycles. The van der Waals surface area contributed by atoms with Crippen LogP contribution in [0.25, 0.3) is 22.2 Å². The quantitative estimate of drug-likeness (QED) is 0.592. The minimum absolute atomic E-state index is 0.0694. The highest BCUT2D eigenvalue weighted by atomic mass is 35.5. The third-order valence-corrected chi connectivity index (χ3v) is 7.66. The highest BCUT2D eigenvalue weighted by Crippen LogP contribution is 2.46. The minimum atomic E-state index is -0.983. The minimum Gasteiger partial charge on any atom is -0.384 e. The van der Waals surface area contributed by atoms with Crippen LogP contribution in [0.2, 0.25) is 5.02 Å². The molecule has 1 saturated carbocycles. The number of halogens is 2. The summed E-state index contributed by atoms with van der Waals surface area (Å²) in [7, 11) is 0. The summed E-state index contributed by atoms with van der Waals surface area (Å²) in [5.41, 5.74) is 1.84. The predicted molar refractivity (Wildman–Crippen MR) is 118 cm³/mol. The van der Waals surface area contributed by atoms with Crippen molar-refractivity contribution < 1.29 is 9.50 Å². The number of hydrogen-bond donors (Lipinski definition) is 2. The molecule has 1 aliphatic carbocycles. The molecule has 2 N–H and O–H groups in total. The lowest BCUT2D eigenvalue weighted by atomic mass is 9.69. The fourth-order valence-corrected chi connectivity index (χ4v) is 5.72. The van der Waals surface area contributed by atoms with Crippen LogP contribution in [-0.4, -0.2) is 39.1 Å². The van der Waals surface area contributed by atoms with Crippen LogP contribution in [0.1, 0.15) is 38.7 Å². The number of hydrogen-bond acceptors (Lipinski definition) is 3. The van der Waals surface area contributed by atoms with Crippen molar-refractivity contribution in [2.75, 3.05) is 13.1 Å². The SMILES string of the molecule is CC1CN(C2CCC2)CC(C)C1(O)c1ccc(-c2ccnc3[nH]cc(F)c23)cc1Cl. The zero-order valence-corrected chi connectivity index (χ0v) is 18.1. The standard InChI is InChI=1S/C24H27ClFN3O/c1-14-12-29(17-4-3-5-17)13-15(2)24(14,30)19-7-6-16(10-20(19)25)18-8-9-27-23-22(18)21(26)11-28-23/h6-11,14-15,17,30H,3-5,12-13H2,1-2H3,(H,27,28). The first-order valence-electron chi connectivity index (χ1n) is 10.8. The number of likely N-dealkylation sites (tertiary alicyclic amines) is 1. The lowest BCUT2D eigenvalue weighted by Gasteiger charge is -2.52. The lowest BCUT2D eigenvalue weighted by molar-refractivity contribution is -0.125. The van der Waals surface area contributed by atoms with Crippen LogP contribution in [0, 0.1) is 17.7 Å². The van der Waals surface area contributed by atoms with E-state index in [1.807, 2.05) is 18.2 Å². The van der Waals surface area contributed by atoms with Gasteiger partial charge < -0.3 is 10.1 Å². The topological polar surface area (TPSA) is 52.1 Å². The van der Waals surface area contributed by atoms with Gasteiger partial charge in [-0.3, -0.25) is 4.90 Å². The van der Waals surface area contributed by atoms with Gasteiger partial charge in [0, 0.05) is 53.9 Å². The summed E-state index contributed by atoms with van der Waals surface area (Å²) in [6.07, 6.45) is 6.82. The number of benzene rings is 1. The lowest BCUT2D eigenvalue weighted by Crippen LogP contribution is -2.58. The van der Waals surface area contributed by atoms with E-state index in [0.29, 0.717) is 22.1 Å². The number of aliphatic hydroxyl groups is 1. The van der Waals surface area contributed by atoms with Gasteiger partial charge in [0.25, 0.3) is 0 Å². The van der Waals surface area contributed by atoms with Crippen molar-refractivity contribution in [1.82, 2.24) is 14.9 Å². The summed E-state index contributed by atoms with van der Waals surface area (Å²) < 4.78 is 14.3. The van der Waals surface area contributed by atoms with E-state index in [1.54, 1.807) is 12.3 Å². The average Bonchev–Trinajstić information content (AvgIpc) is 3.06. The Morgan fingerprint density at radius 3 is 2.57 bits per heavy atom. The number of aromatic amines is 1. The molecule has 2 aliphatic rings. The van der Waals surface area contributed by atoms with Gasteiger partial charge in [-0.05, 0) is 36.1 Å². The first-order valence-corrected chi connectivity index (χ1v) is 11.2. The summed E-state index contributed by atoms with van der Waals surface area (Å²) in [4.78, 5) is 9.58. The second-order valence-corrected chi connectivity index (χ2v) is 9.49. The van der Waals surface area contributed by atoms with E-state index < -0.39 is 5.60 Å². The Balaban J connectivity index is 1.51. The molecule has 2 fully saturated rings. The maximum atomic E-state index is 14.3. The van der Waals surface area contributed by atoms with E-state index in [-0.39, 0.29) is 17.7 Å². The monoisotopic (exact) mass is 427 g/mol. The number of piperidine rings is 1. The molecule has 4 nitrogen and oxygen atoms in total. The summed E-state index contributed by atoms with van der Waals surface area (Å²) in [5, 5.41) is 12.8. The van der Waals surface area contributed by atoms with E-state index >= 15 is 0 Å². The van der Waals surface area contributed by atoms with Gasteiger partial charge in [-0.1, -0.05) is 44.0 Å². The predicted octanol–water partition coefficient (Wildman–Crippen LogP) is 5.35. The van der Waals surface area contributed by atoms with Gasteiger partial charge in [0.15, 0.2) is 5.82 Å². The van der Waals surface area contributed by atoms with Crippen molar-refractivity contribution in [2.24, 2.45) is 11.8 Å². The molecule has 1 aliphatic heterocycles. The molecular formula is C24H27ClFN3O. The zero-order valence-electron chi connectivity index (χ0n) is 17.3. The first kappa shape index (κ1) is 20.0. The van der Waals surface area contributed by atoms with Crippen LogP contribution in [0.4, 0.5) is 4.39 Å². The summed E-state index contributed by atoms with van der Waals surface area (Å²) in [6.45, 7) is 5.99. The molecule has 0 bridgehead atoms. The highest BCUT2D eigenvalue weighted by molar-refractivity contribution is 6.31. The highest BCUT2D eigenvalue weighted by Gasteiger charge is 2.48. The van der Waals surface area contributed by atoms with Gasteiger partial charge in [0.1, 0.15) is 5.65 Å². The maximum absolute atomic E-state index is 14.3. The van der Waals surface area contributed by atoms with E-state index in [9.17, 15) is 9.50 Å². The van der Waals surface area contributed by atoms with Crippen molar-refractivity contribution in [2.45, 2.75) is 44.8 Å². The van der Waals surface area contributed by atoms with Crippen LogP contribution < -0.4 is 0 Å². The third-order valence-electron chi connectivity index (χ3n) is 7.35. The van der Waals surface area contributed by atoms with Gasteiger partial charge in [0.05, 0.1) is 11.0 Å². The molecule has 30 heavy (non-hydrogen) atoms. The second kappa shape index (κ2) is 7.33. The van der Waals surface area contributed by atoms with Gasteiger partial charge in [0.2, 0.25) is 0 Å². The first-order chi connectivity index (χ1) is 14.4. The van der Waals surface area contributed by atoms with Crippen LogP contribution >= 0.6 is 11.6 Å². The fraction of sp³-hybridized carbons (Fsp3) is 0.458. The number of H-pyrrole nitrogens is 1. The Labute approximate surface area is 181 Å². The number of pyridine rings is 1. The zero-order chi connectivity index (χ0) is 21.0. The molecule has 5 rings (SSSR count). The van der Waals surface area contributed by atoms with Crippen molar-refractivity contribution >= 4 is 22.6 Å². The fourth-order valence-electron chi connectivity index (χ4n) is 5.39. The van der Waals surface area contributed by atoms with Crippen molar-refractivity contribution in [3.63, 3.8) is 0 Å². The Morgan fingerprint density at radius 1 is 1.20 bits per heavy atom. The Hall–Kier alpha value is -1.95. The smallest absolute Gasteiger partial charge is 0.150 e. The Kier molecular flexibility index (Phi) is 4.88. The third kappa shape index (κ3) is 2.98. The number of aromatic nitrogens is 2. The van der Waals surface area contributed by atoms with E-state index in [1.165, 1.54) is 25.5 Å². The molecule has 158 valence electrons. The number of nitrogens with zero attached hydrogens (tertiary/aromatic N) is 2. The van der Waals surface area contributed by atoms with E-state index in [0.717, 1.165) is 29.8 Å². The summed E-state index contributed by atoms with van der Waals surface area (Å²) in [6, 6.07) is 8.15. The number of fused-ring (bicyclic) bond motifs is 1. The molecule has 0 spiro atoms. The van der Waals surface area contributed by atoms with Gasteiger partial charge >= 0.3 is 0 Å². The molecule has 3 heterocycles. The normalized spacial score (nSPS) is 28.0. The van der Waals surface area contributed by atoms with Gasteiger partial charge in [-0.25, -0.2) is 9.37 Å². The molecule has 2 unspecified atom stereocenters. The molecule has 3 aromatic rings. The molecular weight excluding hydrogens is 401 g/mol. The van der Waals surface area contributed by atoms with Crippen LogP contribution in [0.15, 0.2) is 36.7 Å². The summed E-state index contributed by atoms with van der Waals surface area (Å²) >= 11 is 6.74. The number of rotatable bonds is 3. The van der Waals surface area contributed by atoms with Crippen LogP contribution in [0.5, 0.6) is 0 Å². The van der Waals surface area contributed by atoms with E-state index in [2.05, 4.69) is 28.7 Å². The Bertz CT molecular complexity index is 1080.